The smallest absolute Gasteiger partial charge is 0.160 e. The van der Waals surface area contributed by atoms with Gasteiger partial charge in [-0.05, 0) is 32.0 Å². The van der Waals surface area contributed by atoms with Gasteiger partial charge in [0.15, 0.2) is 6.29 Å². The Hall–Kier alpha value is -1.42. The summed E-state index contributed by atoms with van der Waals surface area (Å²) in [6.45, 7) is 4.77. The molecule has 0 saturated heterocycles. The monoisotopic (exact) mass is 220 g/mol. The first-order valence-corrected chi connectivity index (χ1v) is 5.55. The summed E-state index contributed by atoms with van der Waals surface area (Å²) in [4.78, 5) is 12.5. The lowest BCUT2D eigenvalue weighted by Gasteiger charge is -2.00. The quantitative estimate of drug-likeness (QED) is 0.744. The first-order chi connectivity index (χ1) is 7.19. The van der Waals surface area contributed by atoms with Crippen LogP contribution in [0.5, 0.6) is 0 Å². The zero-order chi connectivity index (χ0) is 10.8. The molecule has 2 rings (SSSR count). The SMILES string of the molecule is Cc1cc(C)n(Cc2ccc(C=O)s2)n1. The summed E-state index contributed by atoms with van der Waals surface area (Å²) < 4.78 is 1.95. The van der Waals surface area contributed by atoms with E-state index >= 15 is 0 Å². The lowest BCUT2D eigenvalue weighted by molar-refractivity contribution is 0.112. The van der Waals surface area contributed by atoms with Crippen LogP contribution in [0.4, 0.5) is 0 Å². The summed E-state index contributed by atoms with van der Waals surface area (Å²) in [5, 5.41) is 4.38. The molecule has 0 aliphatic rings. The molecule has 0 amide bonds. The fourth-order valence-electron chi connectivity index (χ4n) is 1.53. The third kappa shape index (κ3) is 2.15. The van der Waals surface area contributed by atoms with E-state index in [9.17, 15) is 4.79 Å². The van der Waals surface area contributed by atoms with Crippen LogP contribution < -0.4 is 0 Å². The molecule has 0 fully saturated rings. The molecule has 0 spiro atoms. The van der Waals surface area contributed by atoms with E-state index in [-0.39, 0.29) is 0 Å². The van der Waals surface area contributed by atoms with Crippen molar-refractivity contribution in [2.75, 3.05) is 0 Å². The van der Waals surface area contributed by atoms with Crippen LogP contribution in [0.2, 0.25) is 0 Å². The highest BCUT2D eigenvalue weighted by Gasteiger charge is 2.04. The van der Waals surface area contributed by atoms with Gasteiger partial charge in [0.05, 0.1) is 17.1 Å². The van der Waals surface area contributed by atoms with Crippen LogP contribution in [0, 0.1) is 13.8 Å². The zero-order valence-corrected chi connectivity index (χ0v) is 9.54. The number of rotatable bonds is 3. The Balaban J connectivity index is 2.21. The van der Waals surface area contributed by atoms with Crippen molar-refractivity contribution in [2.24, 2.45) is 0 Å². The molecular formula is C11H12N2OS. The van der Waals surface area contributed by atoms with Crippen molar-refractivity contribution in [3.05, 3.63) is 39.3 Å². The van der Waals surface area contributed by atoms with Gasteiger partial charge in [-0.15, -0.1) is 11.3 Å². The highest BCUT2D eigenvalue weighted by Crippen LogP contribution is 2.16. The maximum absolute atomic E-state index is 10.5. The number of thiophene rings is 1. The van der Waals surface area contributed by atoms with Crippen molar-refractivity contribution in [2.45, 2.75) is 20.4 Å². The van der Waals surface area contributed by atoms with Gasteiger partial charge in [-0.3, -0.25) is 9.48 Å². The van der Waals surface area contributed by atoms with Crippen molar-refractivity contribution < 1.29 is 4.79 Å². The Morgan fingerprint density at radius 1 is 1.47 bits per heavy atom. The normalized spacial score (nSPS) is 10.5. The van der Waals surface area contributed by atoms with Crippen LogP contribution in [0.1, 0.15) is 25.9 Å². The second-order valence-corrected chi connectivity index (χ2v) is 4.71. The minimum Gasteiger partial charge on any atom is -0.297 e. The van der Waals surface area contributed by atoms with E-state index in [1.165, 1.54) is 11.3 Å². The number of aldehydes is 1. The molecule has 0 bridgehead atoms. The predicted octanol–water partition coefficient (Wildman–Crippen LogP) is 2.42. The highest BCUT2D eigenvalue weighted by atomic mass is 32.1. The Kier molecular flexibility index (Phi) is 2.68. The lowest BCUT2D eigenvalue weighted by Crippen LogP contribution is -2.02. The lowest BCUT2D eigenvalue weighted by atomic mass is 10.4. The summed E-state index contributed by atoms with van der Waals surface area (Å²) in [5.41, 5.74) is 2.17. The molecule has 15 heavy (non-hydrogen) atoms. The number of aromatic nitrogens is 2. The summed E-state index contributed by atoms with van der Waals surface area (Å²) in [6, 6.07) is 5.87. The summed E-state index contributed by atoms with van der Waals surface area (Å²) in [7, 11) is 0. The molecule has 0 N–H and O–H groups in total. The highest BCUT2D eigenvalue weighted by molar-refractivity contribution is 7.13. The summed E-state index contributed by atoms with van der Waals surface area (Å²) in [6.07, 6.45) is 0.884. The van der Waals surface area contributed by atoms with Gasteiger partial charge in [0.25, 0.3) is 0 Å². The molecule has 2 heterocycles. The number of nitrogens with zero attached hydrogens (tertiary/aromatic N) is 2. The van der Waals surface area contributed by atoms with E-state index < -0.39 is 0 Å². The maximum Gasteiger partial charge on any atom is 0.160 e. The largest absolute Gasteiger partial charge is 0.297 e. The van der Waals surface area contributed by atoms with E-state index in [0.717, 1.165) is 34.0 Å². The second kappa shape index (κ2) is 3.98. The second-order valence-electron chi connectivity index (χ2n) is 3.51. The van der Waals surface area contributed by atoms with Crippen LogP contribution in [-0.4, -0.2) is 16.1 Å². The average Bonchev–Trinajstić information content (AvgIpc) is 2.75. The zero-order valence-electron chi connectivity index (χ0n) is 8.73. The van der Waals surface area contributed by atoms with Crippen molar-refractivity contribution in [1.29, 1.82) is 0 Å². The number of hydrogen-bond donors (Lipinski definition) is 0. The number of aryl methyl sites for hydroxylation is 2. The van der Waals surface area contributed by atoms with Gasteiger partial charge >= 0.3 is 0 Å². The van der Waals surface area contributed by atoms with Gasteiger partial charge in [0.1, 0.15) is 0 Å². The molecule has 0 unspecified atom stereocenters. The standard InChI is InChI=1S/C11H12N2OS/c1-8-5-9(2)13(12-8)6-10-3-4-11(7-14)15-10/h3-5,7H,6H2,1-2H3. The molecule has 0 aromatic carbocycles. The van der Waals surface area contributed by atoms with E-state index in [2.05, 4.69) is 5.10 Å². The van der Waals surface area contributed by atoms with E-state index in [4.69, 9.17) is 0 Å². The third-order valence-electron chi connectivity index (χ3n) is 2.21. The van der Waals surface area contributed by atoms with Crippen LogP contribution in [0.25, 0.3) is 0 Å². The van der Waals surface area contributed by atoms with Crippen molar-refractivity contribution in [1.82, 2.24) is 9.78 Å². The van der Waals surface area contributed by atoms with Gasteiger partial charge in [0, 0.05) is 10.6 Å². The van der Waals surface area contributed by atoms with Crippen molar-refractivity contribution in [3.8, 4) is 0 Å². The molecule has 0 aliphatic heterocycles. The first-order valence-electron chi connectivity index (χ1n) is 4.74. The van der Waals surface area contributed by atoms with Gasteiger partial charge in [-0.25, -0.2) is 0 Å². The Bertz CT molecular complexity index is 484. The first kappa shape index (κ1) is 10.1. The Morgan fingerprint density at radius 3 is 2.80 bits per heavy atom. The van der Waals surface area contributed by atoms with Crippen molar-refractivity contribution in [3.63, 3.8) is 0 Å². The Morgan fingerprint density at radius 2 is 2.27 bits per heavy atom. The molecular weight excluding hydrogens is 208 g/mol. The average molecular weight is 220 g/mol. The van der Waals surface area contributed by atoms with E-state index in [0.29, 0.717) is 0 Å². The van der Waals surface area contributed by atoms with E-state index in [1.807, 2.05) is 36.7 Å². The van der Waals surface area contributed by atoms with Crippen molar-refractivity contribution >= 4 is 17.6 Å². The minimum atomic E-state index is 0.748. The Labute approximate surface area is 92.4 Å². The van der Waals surface area contributed by atoms with Crippen LogP contribution in [-0.2, 0) is 6.54 Å². The predicted molar refractivity (Wildman–Crippen MR) is 60.5 cm³/mol. The fourth-order valence-corrected chi connectivity index (χ4v) is 2.34. The van der Waals surface area contributed by atoms with Gasteiger partial charge in [-0.2, -0.15) is 5.10 Å². The van der Waals surface area contributed by atoms with E-state index in [1.54, 1.807) is 0 Å². The van der Waals surface area contributed by atoms with Gasteiger partial charge in [0.2, 0.25) is 0 Å². The fraction of sp³-hybridized carbons (Fsp3) is 0.273. The minimum absolute atomic E-state index is 0.748. The topological polar surface area (TPSA) is 34.9 Å². The van der Waals surface area contributed by atoms with Crippen LogP contribution in [0.15, 0.2) is 18.2 Å². The number of hydrogen-bond acceptors (Lipinski definition) is 3. The number of carbonyl (C=O) groups is 1. The molecule has 0 atom stereocenters. The van der Waals surface area contributed by atoms with Gasteiger partial charge < -0.3 is 0 Å². The molecule has 0 saturated carbocycles. The summed E-state index contributed by atoms with van der Waals surface area (Å²) in [5.74, 6) is 0. The maximum atomic E-state index is 10.5. The molecule has 2 aromatic rings. The molecule has 0 aliphatic carbocycles. The molecule has 0 radical (unpaired) electrons. The molecule has 78 valence electrons. The number of carbonyl (C=O) groups excluding carboxylic acids is 1. The molecule has 3 nitrogen and oxygen atoms in total. The van der Waals surface area contributed by atoms with Gasteiger partial charge in [-0.1, -0.05) is 0 Å². The molecule has 4 heteroatoms. The van der Waals surface area contributed by atoms with Crippen LogP contribution >= 0.6 is 11.3 Å². The van der Waals surface area contributed by atoms with Crippen LogP contribution in [0.3, 0.4) is 0 Å². The third-order valence-corrected chi connectivity index (χ3v) is 3.20. The summed E-state index contributed by atoms with van der Waals surface area (Å²) >= 11 is 1.52. The molecule has 2 aromatic heterocycles.